The van der Waals surface area contributed by atoms with Crippen molar-refractivity contribution < 1.29 is 18.3 Å². The van der Waals surface area contributed by atoms with Crippen molar-refractivity contribution in [3.8, 4) is 0 Å². The Morgan fingerprint density at radius 3 is 2.37 bits per heavy atom. The fraction of sp³-hybridized carbons (Fsp3) is 0.600. The van der Waals surface area contributed by atoms with Gasteiger partial charge in [-0.05, 0) is 43.6 Å². The molecule has 2 rings (SSSR count). The fourth-order valence-corrected chi connectivity index (χ4v) is 2.78. The highest BCUT2D eigenvalue weighted by atomic mass is 19.4. The van der Waals surface area contributed by atoms with Crippen LogP contribution in [0.2, 0.25) is 0 Å². The van der Waals surface area contributed by atoms with Crippen molar-refractivity contribution in [3.63, 3.8) is 0 Å². The molecular formula is C15H19F3O. The van der Waals surface area contributed by atoms with Crippen molar-refractivity contribution >= 4 is 0 Å². The summed E-state index contributed by atoms with van der Waals surface area (Å²) >= 11 is 0. The highest BCUT2D eigenvalue weighted by Crippen LogP contribution is 2.54. The van der Waals surface area contributed by atoms with Crippen LogP contribution in [0.1, 0.15) is 44.1 Å². The Bertz CT molecular complexity index is 411. The zero-order valence-electron chi connectivity index (χ0n) is 11.0. The van der Waals surface area contributed by atoms with Crippen LogP contribution >= 0.6 is 0 Å². The van der Waals surface area contributed by atoms with Gasteiger partial charge in [-0.15, -0.1) is 0 Å². The van der Waals surface area contributed by atoms with Crippen molar-refractivity contribution in [2.75, 3.05) is 0 Å². The standard InChI is InChI=1S/C15H19F3O/c1-14(19,8-5-9-15(16,17)18)13-10-12(13)11-6-3-2-4-7-11/h2-4,6-7,12-13,19H,5,8-10H2,1H3. The van der Waals surface area contributed by atoms with Crippen LogP contribution in [0.3, 0.4) is 0 Å². The quantitative estimate of drug-likeness (QED) is 0.848. The van der Waals surface area contributed by atoms with Gasteiger partial charge in [0.05, 0.1) is 5.60 Å². The van der Waals surface area contributed by atoms with Crippen LogP contribution in [0.4, 0.5) is 13.2 Å². The van der Waals surface area contributed by atoms with E-state index in [-0.39, 0.29) is 18.8 Å². The molecule has 106 valence electrons. The number of alkyl halides is 3. The van der Waals surface area contributed by atoms with Crippen LogP contribution in [0.15, 0.2) is 30.3 Å². The topological polar surface area (TPSA) is 20.2 Å². The third kappa shape index (κ3) is 3.96. The van der Waals surface area contributed by atoms with Gasteiger partial charge in [-0.1, -0.05) is 30.3 Å². The van der Waals surface area contributed by atoms with Gasteiger partial charge < -0.3 is 5.11 Å². The minimum absolute atomic E-state index is 0.00545. The maximum Gasteiger partial charge on any atom is 0.389 e. The van der Waals surface area contributed by atoms with Gasteiger partial charge in [0.25, 0.3) is 0 Å². The number of aliphatic hydroxyl groups is 1. The van der Waals surface area contributed by atoms with E-state index in [4.69, 9.17) is 0 Å². The van der Waals surface area contributed by atoms with E-state index in [0.717, 1.165) is 6.42 Å². The molecule has 3 unspecified atom stereocenters. The molecule has 19 heavy (non-hydrogen) atoms. The van der Waals surface area contributed by atoms with Crippen LogP contribution in [0, 0.1) is 5.92 Å². The van der Waals surface area contributed by atoms with Gasteiger partial charge in [0.15, 0.2) is 0 Å². The Hall–Kier alpha value is -1.03. The predicted molar refractivity (Wildman–Crippen MR) is 67.8 cm³/mol. The van der Waals surface area contributed by atoms with E-state index in [9.17, 15) is 18.3 Å². The summed E-state index contributed by atoms with van der Waals surface area (Å²) in [7, 11) is 0. The van der Waals surface area contributed by atoms with Gasteiger partial charge in [-0.25, -0.2) is 0 Å². The van der Waals surface area contributed by atoms with Gasteiger partial charge in [0, 0.05) is 6.42 Å². The SMILES string of the molecule is CC(O)(CCCC(F)(F)F)C1CC1c1ccccc1. The Morgan fingerprint density at radius 2 is 1.79 bits per heavy atom. The van der Waals surface area contributed by atoms with Crippen LogP contribution in [-0.4, -0.2) is 16.9 Å². The molecule has 0 heterocycles. The molecule has 0 amide bonds. The van der Waals surface area contributed by atoms with E-state index in [2.05, 4.69) is 0 Å². The molecule has 0 bridgehead atoms. The lowest BCUT2D eigenvalue weighted by Gasteiger charge is -2.24. The first-order chi connectivity index (χ1) is 8.80. The molecule has 1 aliphatic rings. The Labute approximate surface area is 111 Å². The average Bonchev–Trinajstić information content (AvgIpc) is 3.08. The Kier molecular flexibility index (Phi) is 3.90. The number of rotatable bonds is 5. The molecule has 1 fully saturated rings. The zero-order chi connectivity index (χ0) is 14.1. The van der Waals surface area contributed by atoms with Crippen molar-refractivity contribution in [1.82, 2.24) is 0 Å². The number of hydrogen-bond donors (Lipinski definition) is 1. The molecule has 4 heteroatoms. The summed E-state index contributed by atoms with van der Waals surface area (Å²) in [4.78, 5) is 0. The average molecular weight is 272 g/mol. The van der Waals surface area contributed by atoms with Crippen LogP contribution < -0.4 is 0 Å². The third-order valence-electron chi connectivity index (χ3n) is 3.96. The second-order valence-electron chi connectivity index (χ2n) is 5.69. The van der Waals surface area contributed by atoms with Crippen molar-refractivity contribution in [2.45, 2.75) is 50.3 Å². The molecule has 1 aromatic carbocycles. The third-order valence-corrected chi connectivity index (χ3v) is 3.96. The monoisotopic (exact) mass is 272 g/mol. The lowest BCUT2D eigenvalue weighted by atomic mass is 9.91. The molecule has 3 atom stereocenters. The van der Waals surface area contributed by atoms with Crippen LogP contribution in [0.5, 0.6) is 0 Å². The second-order valence-corrected chi connectivity index (χ2v) is 5.69. The molecule has 1 aromatic rings. The van der Waals surface area contributed by atoms with Gasteiger partial charge in [-0.2, -0.15) is 13.2 Å². The van der Waals surface area contributed by atoms with Gasteiger partial charge >= 0.3 is 6.18 Å². The molecule has 0 saturated heterocycles. The number of benzene rings is 1. The number of hydrogen-bond acceptors (Lipinski definition) is 1. The lowest BCUT2D eigenvalue weighted by Crippen LogP contribution is -2.28. The minimum Gasteiger partial charge on any atom is -0.390 e. The van der Waals surface area contributed by atoms with E-state index in [1.165, 1.54) is 5.56 Å². The maximum absolute atomic E-state index is 12.1. The van der Waals surface area contributed by atoms with Gasteiger partial charge in [0.1, 0.15) is 0 Å². The molecule has 0 aliphatic heterocycles. The Morgan fingerprint density at radius 1 is 1.16 bits per heavy atom. The first kappa shape index (κ1) is 14.4. The maximum atomic E-state index is 12.1. The predicted octanol–water partition coefficient (Wildman–Crippen LogP) is 4.27. The molecule has 1 N–H and O–H groups in total. The summed E-state index contributed by atoms with van der Waals surface area (Å²) in [6, 6.07) is 9.85. The van der Waals surface area contributed by atoms with Crippen LogP contribution in [0.25, 0.3) is 0 Å². The molecule has 0 aromatic heterocycles. The summed E-state index contributed by atoms with van der Waals surface area (Å²) in [5.74, 6) is 0.380. The molecule has 0 radical (unpaired) electrons. The molecule has 1 aliphatic carbocycles. The van der Waals surface area contributed by atoms with Crippen molar-refractivity contribution in [2.24, 2.45) is 5.92 Å². The van der Waals surface area contributed by atoms with Crippen molar-refractivity contribution in [3.05, 3.63) is 35.9 Å². The largest absolute Gasteiger partial charge is 0.390 e. The summed E-state index contributed by atoms with van der Waals surface area (Å²) < 4.78 is 36.3. The Balaban J connectivity index is 1.85. The first-order valence-corrected chi connectivity index (χ1v) is 6.64. The zero-order valence-corrected chi connectivity index (χ0v) is 11.0. The van der Waals surface area contributed by atoms with Gasteiger partial charge in [0.2, 0.25) is 0 Å². The number of halogens is 3. The first-order valence-electron chi connectivity index (χ1n) is 6.64. The van der Waals surface area contributed by atoms with E-state index in [1.54, 1.807) is 6.92 Å². The smallest absolute Gasteiger partial charge is 0.389 e. The van der Waals surface area contributed by atoms with E-state index < -0.39 is 18.2 Å². The van der Waals surface area contributed by atoms with Crippen molar-refractivity contribution in [1.29, 1.82) is 0 Å². The molecule has 1 saturated carbocycles. The molecular weight excluding hydrogens is 253 g/mol. The highest BCUT2D eigenvalue weighted by Gasteiger charge is 2.49. The summed E-state index contributed by atoms with van der Waals surface area (Å²) in [5.41, 5.74) is 0.176. The van der Waals surface area contributed by atoms with Crippen LogP contribution in [-0.2, 0) is 0 Å². The van der Waals surface area contributed by atoms with E-state index in [1.807, 2.05) is 30.3 Å². The highest BCUT2D eigenvalue weighted by molar-refractivity contribution is 5.27. The lowest BCUT2D eigenvalue weighted by molar-refractivity contribution is -0.138. The summed E-state index contributed by atoms with van der Waals surface area (Å²) in [5, 5.41) is 10.3. The summed E-state index contributed by atoms with van der Waals surface area (Å²) in [6.45, 7) is 1.66. The molecule has 1 nitrogen and oxygen atoms in total. The summed E-state index contributed by atoms with van der Waals surface area (Å²) in [6.07, 6.45) is -3.87. The van der Waals surface area contributed by atoms with E-state index >= 15 is 0 Å². The normalized spacial score (nSPS) is 25.9. The van der Waals surface area contributed by atoms with E-state index in [0.29, 0.717) is 5.92 Å². The van der Waals surface area contributed by atoms with Gasteiger partial charge in [-0.3, -0.25) is 0 Å². The fourth-order valence-electron chi connectivity index (χ4n) is 2.78. The molecule has 0 spiro atoms. The minimum atomic E-state index is -4.13. The second kappa shape index (κ2) is 5.16.